The van der Waals surface area contributed by atoms with E-state index in [0.717, 1.165) is 17.3 Å². The Bertz CT molecular complexity index is 633. The summed E-state index contributed by atoms with van der Waals surface area (Å²) in [5.74, 6) is 3.67. The predicted molar refractivity (Wildman–Crippen MR) is 78.4 cm³/mol. The molecule has 0 saturated carbocycles. The number of carbonyl (C=O) groups is 1. The fraction of sp³-hybridized carbons (Fsp3) is 0.400. The fourth-order valence-electron chi connectivity index (χ4n) is 2.38. The van der Waals surface area contributed by atoms with Gasteiger partial charge in [0.1, 0.15) is 35.0 Å². The topological polar surface area (TPSA) is 66.8 Å². The Morgan fingerprint density at radius 2 is 2.10 bits per heavy atom. The van der Waals surface area contributed by atoms with E-state index < -0.39 is 0 Å². The summed E-state index contributed by atoms with van der Waals surface area (Å²) in [6, 6.07) is 7.34. The van der Waals surface area contributed by atoms with Crippen molar-refractivity contribution in [2.24, 2.45) is 0 Å². The first-order chi connectivity index (χ1) is 10.2. The molecule has 2 aromatic rings. The summed E-state index contributed by atoms with van der Waals surface area (Å²) in [4.78, 5) is 14.0. The molecule has 112 valence electrons. The maximum atomic E-state index is 12.2. The van der Waals surface area contributed by atoms with Gasteiger partial charge in [-0.1, -0.05) is 0 Å². The van der Waals surface area contributed by atoms with Crippen molar-refractivity contribution >= 4 is 17.7 Å². The second-order valence-electron chi connectivity index (χ2n) is 4.97. The lowest BCUT2D eigenvalue weighted by Gasteiger charge is -2.33. The summed E-state index contributed by atoms with van der Waals surface area (Å²) in [6.45, 7) is 2.18. The highest BCUT2D eigenvalue weighted by atomic mass is 32.2. The van der Waals surface area contributed by atoms with Crippen LogP contribution >= 0.6 is 11.8 Å². The maximum absolute atomic E-state index is 12.2. The standard InChI is InChI=1S/C15H17NO4S/c1-10-2-3-11(19-10)8-16-14(18)6-7-21-15(16)13-5-4-12(9-17)20-13/h2-5,15,17H,6-9H2,1H3. The van der Waals surface area contributed by atoms with Crippen LogP contribution in [-0.4, -0.2) is 21.7 Å². The van der Waals surface area contributed by atoms with Crippen molar-refractivity contribution in [1.82, 2.24) is 4.90 Å². The number of hydrogen-bond donors (Lipinski definition) is 1. The SMILES string of the molecule is Cc1ccc(CN2C(=O)CCSC2c2ccc(CO)o2)o1. The van der Waals surface area contributed by atoms with Gasteiger partial charge in [-0.25, -0.2) is 0 Å². The van der Waals surface area contributed by atoms with E-state index in [1.54, 1.807) is 22.7 Å². The van der Waals surface area contributed by atoms with Gasteiger partial charge in [-0.3, -0.25) is 4.79 Å². The van der Waals surface area contributed by atoms with Gasteiger partial charge in [-0.15, -0.1) is 11.8 Å². The van der Waals surface area contributed by atoms with Crippen molar-refractivity contribution in [3.8, 4) is 0 Å². The molecule has 1 aliphatic rings. The van der Waals surface area contributed by atoms with Gasteiger partial charge >= 0.3 is 0 Å². The number of nitrogens with zero attached hydrogens (tertiary/aromatic N) is 1. The summed E-state index contributed by atoms with van der Waals surface area (Å²) >= 11 is 1.67. The van der Waals surface area contributed by atoms with Crippen molar-refractivity contribution in [3.63, 3.8) is 0 Å². The van der Waals surface area contributed by atoms with Gasteiger partial charge in [-0.05, 0) is 31.2 Å². The number of aliphatic hydroxyl groups excluding tert-OH is 1. The van der Waals surface area contributed by atoms with E-state index in [0.29, 0.717) is 24.5 Å². The van der Waals surface area contributed by atoms with Gasteiger partial charge in [0.2, 0.25) is 5.91 Å². The average Bonchev–Trinajstić information content (AvgIpc) is 3.10. The molecule has 0 bridgehead atoms. The Morgan fingerprint density at radius 3 is 2.76 bits per heavy atom. The van der Waals surface area contributed by atoms with Crippen molar-refractivity contribution in [2.75, 3.05) is 5.75 Å². The summed E-state index contributed by atoms with van der Waals surface area (Å²) in [7, 11) is 0. The largest absolute Gasteiger partial charge is 0.464 e. The van der Waals surface area contributed by atoms with Gasteiger partial charge in [0.25, 0.3) is 0 Å². The zero-order chi connectivity index (χ0) is 14.8. The zero-order valence-corrected chi connectivity index (χ0v) is 12.6. The Balaban J connectivity index is 1.83. The Hall–Kier alpha value is -1.66. The van der Waals surface area contributed by atoms with Crippen LogP contribution in [0, 0.1) is 6.92 Å². The summed E-state index contributed by atoms with van der Waals surface area (Å²) in [6.07, 6.45) is 0.522. The minimum absolute atomic E-state index is 0.0924. The van der Waals surface area contributed by atoms with Gasteiger partial charge in [-0.2, -0.15) is 0 Å². The Kier molecular flexibility index (Phi) is 4.07. The van der Waals surface area contributed by atoms with Crippen LogP contribution in [0.5, 0.6) is 0 Å². The molecule has 1 unspecified atom stereocenters. The first-order valence-corrected chi connectivity index (χ1v) is 7.88. The van der Waals surface area contributed by atoms with E-state index in [1.165, 1.54) is 0 Å². The molecule has 0 aliphatic carbocycles. The van der Waals surface area contributed by atoms with E-state index in [9.17, 15) is 4.79 Å². The van der Waals surface area contributed by atoms with Crippen LogP contribution in [0.25, 0.3) is 0 Å². The van der Waals surface area contributed by atoms with Crippen molar-refractivity contribution < 1.29 is 18.7 Å². The quantitative estimate of drug-likeness (QED) is 0.941. The van der Waals surface area contributed by atoms with E-state index in [2.05, 4.69) is 0 Å². The molecule has 21 heavy (non-hydrogen) atoms. The minimum atomic E-state index is -0.169. The predicted octanol–water partition coefficient (Wildman–Crippen LogP) is 2.84. The number of amides is 1. The van der Waals surface area contributed by atoms with Crippen LogP contribution in [0.3, 0.4) is 0 Å². The summed E-state index contributed by atoms with van der Waals surface area (Å²) in [5.41, 5.74) is 0. The first kappa shape index (κ1) is 14.3. The lowest BCUT2D eigenvalue weighted by molar-refractivity contribution is -0.133. The van der Waals surface area contributed by atoms with Crippen molar-refractivity contribution in [3.05, 3.63) is 47.3 Å². The number of aliphatic hydroxyl groups is 1. The highest BCUT2D eigenvalue weighted by Gasteiger charge is 2.32. The number of rotatable bonds is 4. The van der Waals surface area contributed by atoms with E-state index in [4.69, 9.17) is 13.9 Å². The second-order valence-corrected chi connectivity index (χ2v) is 6.16. The van der Waals surface area contributed by atoms with Crippen LogP contribution in [-0.2, 0) is 17.9 Å². The lowest BCUT2D eigenvalue weighted by Crippen LogP contribution is -2.36. The number of hydrogen-bond acceptors (Lipinski definition) is 5. The van der Waals surface area contributed by atoms with Gasteiger partial charge in [0.05, 0.1) is 6.54 Å². The third kappa shape index (κ3) is 3.01. The molecule has 1 atom stereocenters. The number of furan rings is 2. The molecule has 1 amide bonds. The summed E-state index contributed by atoms with van der Waals surface area (Å²) in [5, 5.41) is 8.94. The van der Waals surface area contributed by atoms with Gasteiger partial charge in [0.15, 0.2) is 0 Å². The lowest BCUT2D eigenvalue weighted by atomic mass is 10.3. The van der Waals surface area contributed by atoms with Crippen LogP contribution < -0.4 is 0 Å². The van der Waals surface area contributed by atoms with E-state index in [1.807, 2.05) is 25.1 Å². The van der Waals surface area contributed by atoms with E-state index in [-0.39, 0.29) is 17.9 Å². The first-order valence-electron chi connectivity index (χ1n) is 6.83. The van der Waals surface area contributed by atoms with Gasteiger partial charge < -0.3 is 18.8 Å². The number of carbonyl (C=O) groups excluding carboxylic acids is 1. The highest BCUT2D eigenvalue weighted by Crippen LogP contribution is 2.39. The molecule has 5 nitrogen and oxygen atoms in total. The van der Waals surface area contributed by atoms with Crippen LogP contribution in [0.1, 0.15) is 34.8 Å². The summed E-state index contributed by atoms with van der Waals surface area (Å²) < 4.78 is 11.2. The zero-order valence-electron chi connectivity index (χ0n) is 11.7. The third-order valence-corrected chi connectivity index (χ3v) is 4.64. The average molecular weight is 307 g/mol. The fourth-order valence-corrected chi connectivity index (χ4v) is 3.56. The van der Waals surface area contributed by atoms with Crippen LogP contribution in [0.4, 0.5) is 0 Å². The van der Waals surface area contributed by atoms with Crippen LogP contribution in [0.15, 0.2) is 33.1 Å². The van der Waals surface area contributed by atoms with Crippen LogP contribution in [0.2, 0.25) is 0 Å². The number of thioether (sulfide) groups is 1. The Morgan fingerprint density at radius 1 is 1.29 bits per heavy atom. The second kappa shape index (κ2) is 5.99. The smallest absolute Gasteiger partial charge is 0.225 e. The van der Waals surface area contributed by atoms with E-state index >= 15 is 0 Å². The minimum Gasteiger partial charge on any atom is -0.464 e. The molecule has 3 rings (SSSR count). The molecular formula is C15H17NO4S. The monoisotopic (exact) mass is 307 g/mol. The molecule has 0 spiro atoms. The van der Waals surface area contributed by atoms with Crippen molar-refractivity contribution in [2.45, 2.75) is 31.9 Å². The molecule has 0 radical (unpaired) electrons. The molecule has 3 heterocycles. The molecule has 0 aromatic carbocycles. The molecule has 1 N–H and O–H groups in total. The molecule has 6 heteroatoms. The molecular weight excluding hydrogens is 290 g/mol. The third-order valence-electron chi connectivity index (χ3n) is 3.40. The highest BCUT2D eigenvalue weighted by molar-refractivity contribution is 7.99. The molecule has 1 fully saturated rings. The van der Waals surface area contributed by atoms with Gasteiger partial charge in [0, 0.05) is 12.2 Å². The maximum Gasteiger partial charge on any atom is 0.225 e. The normalized spacial score (nSPS) is 19.2. The molecule has 1 saturated heterocycles. The Labute approximate surface area is 126 Å². The molecule has 2 aromatic heterocycles. The number of aryl methyl sites for hydroxylation is 1. The molecule has 1 aliphatic heterocycles. The van der Waals surface area contributed by atoms with Crippen molar-refractivity contribution in [1.29, 1.82) is 0 Å².